The maximum absolute atomic E-state index is 11.1. The fourth-order valence-electron chi connectivity index (χ4n) is 2.29. The first kappa shape index (κ1) is 15.8. The van der Waals surface area contributed by atoms with E-state index in [1.165, 1.54) is 5.56 Å². The summed E-state index contributed by atoms with van der Waals surface area (Å²) in [5.74, 6) is 1.77. The minimum absolute atomic E-state index is 0.163. The highest BCUT2D eigenvalue weighted by Gasteiger charge is 2.16. The smallest absolute Gasteiger partial charge is 0.220 e. The van der Waals surface area contributed by atoms with Crippen LogP contribution in [-0.4, -0.2) is 25.1 Å². The number of hydrogen-bond donors (Lipinski definition) is 2. The molecule has 116 valence electrons. The number of hydrogen-bond acceptors (Lipinski definition) is 3. The molecule has 1 amide bonds. The Labute approximate surface area is 127 Å². The molecule has 21 heavy (non-hydrogen) atoms. The van der Waals surface area contributed by atoms with E-state index < -0.39 is 0 Å². The molecule has 4 heteroatoms. The summed E-state index contributed by atoms with van der Waals surface area (Å²) in [5.41, 5.74) is 1.24. The van der Waals surface area contributed by atoms with E-state index in [4.69, 9.17) is 4.74 Å². The van der Waals surface area contributed by atoms with Crippen molar-refractivity contribution < 1.29 is 9.53 Å². The van der Waals surface area contributed by atoms with Crippen molar-refractivity contribution in [2.24, 2.45) is 5.92 Å². The van der Waals surface area contributed by atoms with Gasteiger partial charge >= 0.3 is 0 Å². The fraction of sp³-hybridized carbons (Fsp3) is 0.588. The van der Waals surface area contributed by atoms with Crippen LogP contribution in [0.1, 0.15) is 38.7 Å². The van der Waals surface area contributed by atoms with Crippen molar-refractivity contribution in [2.75, 3.05) is 13.2 Å². The summed E-state index contributed by atoms with van der Waals surface area (Å²) in [6.07, 6.45) is 2.62. The maximum Gasteiger partial charge on any atom is 0.220 e. The third kappa shape index (κ3) is 5.76. The molecule has 0 aromatic heterocycles. The van der Waals surface area contributed by atoms with E-state index in [9.17, 15) is 4.79 Å². The summed E-state index contributed by atoms with van der Waals surface area (Å²) in [4.78, 5) is 11.1. The molecule has 1 aliphatic rings. The van der Waals surface area contributed by atoms with Gasteiger partial charge in [-0.15, -0.1) is 0 Å². The van der Waals surface area contributed by atoms with Crippen LogP contribution in [0.3, 0.4) is 0 Å². The third-order valence-corrected chi connectivity index (χ3v) is 3.75. The van der Waals surface area contributed by atoms with Gasteiger partial charge in [0.05, 0.1) is 6.61 Å². The Morgan fingerprint density at radius 1 is 1.33 bits per heavy atom. The second-order valence-electron chi connectivity index (χ2n) is 6.10. The lowest BCUT2D eigenvalue weighted by molar-refractivity contribution is -0.122. The molecule has 2 rings (SSSR count). The Morgan fingerprint density at radius 3 is 2.71 bits per heavy atom. The minimum Gasteiger partial charge on any atom is -0.494 e. The van der Waals surface area contributed by atoms with Gasteiger partial charge in [0.25, 0.3) is 0 Å². The molecule has 1 aromatic carbocycles. The van der Waals surface area contributed by atoms with Crippen LogP contribution in [0.25, 0.3) is 0 Å². The molecule has 4 nitrogen and oxygen atoms in total. The normalized spacial score (nSPS) is 18.6. The topological polar surface area (TPSA) is 50.4 Å². The van der Waals surface area contributed by atoms with Crippen molar-refractivity contribution in [2.45, 2.75) is 45.7 Å². The van der Waals surface area contributed by atoms with Crippen LogP contribution in [0.15, 0.2) is 24.3 Å². The Morgan fingerprint density at radius 2 is 2.10 bits per heavy atom. The Kier molecular flexibility index (Phi) is 6.05. The van der Waals surface area contributed by atoms with Crippen molar-refractivity contribution in [3.05, 3.63) is 29.8 Å². The van der Waals surface area contributed by atoms with Crippen LogP contribution in [-0.2, 0) is 11.3 Å². The second-order valence-corrected chi connectivity index (χ2v) is 6.10. The zero-order chi connectivity index (χ0) is 15.1. The molecule has 0 bridgehead atoms. The van der Waals surface area contributed by atoms with E-state index in [0.717, 1.165) is 38.3 Å². The largest absolute Gasteiger partial charge is 0.494 e. The molecular weight excluding hydrogens is 264 g/mol. The number of ether oxygens (including phenoxy) is 1. The van der Waals surface area contributed by atoms with Crippen LogP contribution in [0.5, 0.6) is 5.75 Å². The van der Waals surface area contributed by atoms with Crippen LogP contribution >= 0.6 is 0 Å². The van der Waals surface area contributed by atoms with E-state index in [0.29, 0.717) is 18.4 Å². The van der Waals surface area contributed by atoms with Gasteiger partial charge in [-0.25, -0.2) is 0 Å². The number of piperidine rings is 1. The fourth-order valence-corrected chi connectivity index (χ4v) is 2.29. The second kappa shape index (κ2) is 8.03. The predicted octanol–water partition coefficient (Wildman–Crippen LogP) is 2.48. The molecule has 0 aliphatic carbocycles. The zero-order valence-electron chi connectivity index (χ0n) is 13.0. The molecule has 1 atom stereocenters. The highest BCUT2D eigenvalue weighted by Crippen LogP contribution is 2.14. The van der Waals surface area contributed by atoms with Gasteiger partial charge in [-0.2, -0.15) is 0 Å². The van der Waals surface area contributed by atoms with E-state index in [2.05, 4.69) is 36.6 Å². The molecule has 0 radical (unpaired) electrons. The number of carbonyl (C=O) groups is 1. The molecular formula is C17H26N2O2. The Bertz CT molecular complexity index is 433. The summed E-state index contributed by atoms with van der Waals surface area (Å²) >= 11 is 0. The van der Waals surface area contributed by atoms with Gasteiger partial charge in [0.1, 0.15) is 5.75 Å². The van der Waals surface area contributed by atoms with Gasteiger partial charge in [0.15, 0.2) is 0 Å². The van der Waals surface area contributed by atoms with E-state index in [-0.39, 0.29) is 5.91 Å². The zero-order valence-corrected chi connectivity index (χ0v) is 13.0. The lowest BCUT2D eigenvalue weighted by Crippen LogP contribution is -2.45. The summed E-state index contributed by atoms with van der Waals surface area (Å²) < 4.78 is 5.71. The van der Waals surface area contributed by atoms with Crippen LogP contribution < -0.4 is 15.4 Å². The van der Waals surface area contributed by atoms with Gasteiger partial charge < -0.3 is 15.4 Å². The lowest BCUT2D eigenvalue weighted by atomic mass is 10.1. The van der Waals surface area contributed by atoms with E-state index >= 15 is 0 Å². The van der Waals surface area contributed by atoms with Crippen LogP contribution in [0.4, 0.5) is 0 Å². The monoisotopic (exact) mass is 290 g/mol. The number of carbonyl (C=O) groups excluding carboxylic acids is 1. The lowest BCUT2D eigenvalue weighted by Gasteiger charge is -2.23. The van der Waals surface area contributed by atoms with E-state index in [1.54, 1.807) is 0 Å². The molecule has 2 N–H and O–H groups in total. The van der Waals surface area contributed by atoms with Crippen molar-refractivity contribution in [3.8, 4) is 5.75 Å². The van der Waals surface area contributed by atoms with Gasteiger partial charge in [0, 0.05) is 25.6 Å². The molecule has 1 fully saturated rings. The molecule has 1 saturated heterocycles. The highest BCUT2D eigenvalue weighted by atomic mass is 16.5. The molecule has 1 heterocycles. The first-order chi connectivity index (χ1) is 10.1. The van der Waals surface area contributed by atoms with Gasteiger partial charge in [0.2, 0.25) is 5.91 Å². The first-order valence-corrected chi connectivity index (χ1v) is 7.85. The van der Waals surface area contributed by atoms with Crippen molar-refractivity contribution >= 4 is 5.91 Å². The number of amides is 1. The van der Waals surface area contributed by atoms with Crippen molar-refractivity contribution in [3.63, 3.8) is 0 Å². The molecule has 1 unspecified atom stereocenters. The quantitative estimate of drug-likeness (QED) is 0.811. The average Bonchev–Trinajstić information content (AvgIpc) is 2.48. The van der Waals surface area contributed by atoms with Crippen LogP contribution in [0.2, 0.25) is 0 Å². The standard InChI is InChI=1S/C17H26N2O2/c1-13(2)9-10-21-16-6-3-14(4-7-16)11-18-15-5-8-17(20)19-12-15/h3-4,6-7,13,15,18H,5,8-12H2,1-2H3,(H,19,20). The number of nitrogens with one attached hydrogen (secondary N) is 2. The average molecular weight is 290 g/mol. The highest BCUT2D eigenvalue weighted by molar-refractivity contribution is 5.76. The van der Waals surface area contributed by atoms with Crippen LogP contribution in [0, 0.1) is 5.92 Å². The van der Waals surface area contributed by atoms with Crippen molar-refractivity contribution in [1.82, 2.24) is 10.6 Å². The van der Waals surface area contributed by atoms with E-state index in [1.807, 2.05) is 12.1 Å². The van der Waals surface area contributed by atoms with Gasteiger partial charge in [-0.1, -0.05) is 26.0 Å². The summed E-state index contributed by atoms with van der Waals surface area (Å²) in [5, 5.41) is 6.37. The number of benzene rings is 1. The predicted molar refractivity (Wildman–Crippen MR) is 84.3 cm³/mol. The Balaban J connectivity index is 1.70. The van der Waals surface area contributed by atoms with Gasteiger partial charge in [-0.05, 0) is 36.5 Å². The SMILES string of the molecule is CC(C)CCOc1ccc(CNC2CCC(=O)NC2)cc1. The molecule has 1 aromatic rings. The Hall–Kier alpha value is -1.55. The molecule has 1 aliphatic heterocycles. The minimum atomic E-state index is 0.163. The summed E-state index contributed by atoms with van der Waals surface area (Å²) in [6, 6.07) is 8.63. The van der Waals surface area contributed by atoms with Gasteiger partial charge in [-0.3, -0.25) is 4.79 Å². The number of rotatable bonds is 7. The first-order valence-electron chi connectivity index (χ1n) is 7.85. The summed E-state index contributed by atoms with van der Waals surface area (Å²) in [7, 11) is 0. The van der Waals surface area contributed by atoms with Crippen molar-refractivity contribution in [1.29, 1.82) is 0 Å². The molecule has 0 saturated carbocycles. The third-order valence-electron chi connectivity index (χ3n) is 3.75. The summed E-state index contributed by atoms with van der Waals surface area (Å²) in [6.45, 7) is 6.73. The maximum atomic E-state index is 11.1. The molecule has 0 spiro atoms.